The summed E-state index contributed by atoms with van der Waals surface area (Å²) in [6.45, 7) is 7.22. The van der Waals surface area contributed by atoms with Crippen LogP contribution in [0.5, 0.6) is 0 Å². The zero-order chi connectivity index (χ0) is 15.9. The van der Waals surface area contributed by atoms with Gasteiger partial charge in [-0.05, 0) is 31.5 Å². The lowest BCUT2D eigenvalue weighted by Crippen LogP contribution is -2.47. The number of hydrogen-bond acceptors (Lipinski definition) is 4. The number of morpholine rings is 1. The van der Waals surface area contributed by atoms with Gasteiger partial charge in [0.05, 0.1) is 30.8 Å². The first-order chi connectivity index (χ1) is 10.6. The molecule has 2 rings (SSSR count). The summed E-state index contributed by atoms with van der Waals surface area (Å²) >= 11 is 0. The molecule has 0 aliphatic carbocycles. The molecule has 1 aliphatic heterocycles. The molecule has 1 fully saturated rings. The van der Waals surface area contributed by atoms with Gasteiger partial charge in [0.2, 0.25) is 5.91 Å². The third-order valence-corrected chi connectivity index (χ3v) is 3.89. The van der Waals surface area contributed by atoms with E-state index in [-0.39, 0.29) is 12.0 Å². The molecular weight excluding hydrogens is 278 g/mol. The van der Waals surface area contributed by atoms with Gasteiger partial charge in [0.15, 0.2) is 0 Å². The number of nitrogens with zero attached hydrogens (tertiary/aromatic N) is 2. The maximum atomic E-state index is 12.0. The molecule has 1 atom stereocenters. The molecule has 0 unspecified atom stereocenters. The highest BCUT2D eigenvalue weighted by Crippen LogP contribution is 2.11. The van der Waals surface area contributed by atoms with Crippen LogP contribution in [0, 0.1) is 11.3 Å². The highest BCUT2D eigenvalue weighted by atomic mass is 16.5. The van der Waals surface area contributed by atoms with E-state index in [2.05, 4.69) is 30.1 Å². The second-order valence-electron chi connectivity index (χ2n) is 5.87. The Morgan fingerprint density at radius 2 is 2.18 bits per heavy atom. The predicted molar refractivity (Wildman–Crippen MR) is 84.1 cm³/mol. The van der Waals surface area contributed by atoms with Crippen molar-refractivity contribution in [2.24, 2.45) is 0 Å². The van der Waals surface area contributed by atoms with Gasteiger partial charge in [-0.2, -0.15) is 5.26 Å². The Kier molecular flexibility index (Phi) is 5.93. The van der Waals surface area contributed by atoms with Crippen molar-refractivity contribution in [2.45, 2.75) is 39.0 Å². The van der Waals surface area contributed by atoms with Gasteiger partial charge in [-0.3, -0.25) is 9.69 Å². The number of nitriles is 1. The van der Waals surface area contributed by atoms with Crippen LogP contribution in [0.15, 0.2) is 24.3 Å². The minimum atomic E-state index is -0.0304. The van der Waals surface area contributed by atoms with Gasteiger partial charge in [-0.25, -0.2) is 0 Å². The average molecular weight is 301 g/mol. The molecule has 0 spiro atoms. The topological polar surface area (TPSA) is 65.4 Å². The molecule has 0 bridgehead atoms. The Morgan fingerprint density at radius 1 is 1.45 bits per heavy atom. The molecule has 1 amide bonds. The molecule has 5 nitrogen and oxygen atoms in total. The van der Waals surface area contributed by atoms with Crippen molar-refractivity contribution in [2.75, 3.05) is 19.7 Å². The lowest BCUT2D eigenvalue weighted by molar-refractivity contribution is -0.126. The van der Waals surface area contributed by atoms with E-state index in [1.54, 1.807) is 12.1 Å². The van der Waals surface area contributed by atoms with Crippen LogP contribution < -0.4 is 5.32 Å². The Bertz CT molecular complexity index is 534. The summed E-state index contributed by atoms with van der Waals surface area (Å²) in [6, 6.07) is 9.79. The number of benzene rings is 1. The summed E-state index contributed by atoms with van der Waals surface area (Å²) in [5.41, 5.74) is 1.61. The van der Waals surface area contributed by atoms with E-state index >= 15 is 0 Å². The SMILES string of the molecule is CC(C)N1CCO[C@H](CC(=O)NCc2ccc(C#N)cc2)C1. The smallest absolute Gasteiger partial charge is 0.222 e. The van der Waals surface area contributed by atoms with E-state index in [0.717, 1.165) is 18.7 Å². The highest BCUT2D eigenvalue weighted by molar-refractivity contribution is 5.76. The van der Waals surface area contributed by atoms with Crippen molar-refractivity contribution in [1.82, 2.24) is 10.2 Å². The van der Waals surface area contributed by atoms with Crippen molar-refractivity contribution < 1.29 is 9.53 Å². The molecule has 0 radical (unpaired) electrons. The molecule has 1 N–H and O–H groups in total. The van der Waals surface area contributed by atoms with Crippen LogP contribution >= 0.6 is 0 Å². The van der Waals surface area contributed by atoms with Gasteiger partial charge < -0.3 is 10.1 Å². The summed E-state index contributed by atoms with van der Waals surface area (Å²) in [7, 11) is 0. The molecule has 1 heterocycles. The number of rotatable bonds is 5. The van der Waals surface area contributed by atoms with Gasteiger partial charge in [0, 0.05) is 25.7 Å². The summed E-state index contributed by atoms with van der Waals surface area (Å²) < 4.78 is 5.67. The summed E-state index contributed by atoms with van der Waals surface area (Å²) in [6.07, 6.45) is 0.358. The van der Waals surface area contributed by atoms with Crippen LogP contribution in [0.4, 0.5) is 0 Å². The molecular formula is C17H23N3O2. The molecule has 1 aromatic carbocycles. The molecule has 1 aliphatic rings. The minimum absolute atomic E-state index is 0.0000316. The van der Waals surface area contributed by atoms with E-state index in [9.17, 15) is 4.79 Å². The molecule has 0 saturated carbocycles. The fourth-order valence-electron chi connectivity index (χ4n) is 2.51. The standard InChI is InChI=1S/C17H23N3O2/c1-13(2)20-7-8-22-16(12-20)9-17(21)19-11-15-5-3-14(10-18)4-6-15/h3-6,13,16H,7-9,11-12H2,1-2H3,(H,19,21)/t16-/m1/s1. The van der Waals surface area contributed by atoms with Crippen molar-refractivity contribution in [3.05, 3.63) is 35.4 Å². The molecule has 1 aromatic rings. The van der Waals surface area contributed by atoms with Gasteiger partial charge in [-0.1, -0.05) is 12.1 Å². The average Bonchev–Trinajstić information content (AvgIpc) is 2.53. The Hall–Kier alpha value is -1.90. The number of amides is 1. The number of ether oxygens (including phenoxy) is 1. The van der Waals surface area contributed by atoms with Gasteiger partial charge in [0.1, 0.15) is 0 Å². The Balaban J connectivity index is 1.76. The third kappa shape index (κ3) is 4.83. The number of nitrogens with one attached hydrogen (secondary N) is 1. The fraction of sp³-hybridized carbons (Fsp3) is 0.529. The molecule has 0 aromatic heterocycles. The van der Waals surface area contributed by atoms with E-state index in [4.69, 9.17) is 10.00 Å². The van der Waals surface area contributed by atoms with Crippen LogP contribution in [-0.2, 0) is 16.1 Å². The van der Waals surface area contributed by atoms with Crippen LogP contribution in [0.25, 0.3) is 0 Å². The first-order valence-corrected chi connectivity index (χ1v) is 7.70. The maximum absolute atomic E-state index is 12.0. The Labute approximate surface area is 131 Å². The molecule has 1 saturated heterocycles. The first kappa shape index (κ1) is 16.5. The molecule has 22 heavy (non-hydrogen) atoms. The lowest BCUT2D eigenvalue weighted by Gasteiger charge is -2.35. The van der Waals surface area contributed by atoms with E-state index < -0.39 is 0 Å². The van der Waals surface area contributed by atoms with Gasteiger partial charge in [-0.15, -0.1) is 0 Å². The molecule has 5 heteroatoms. The zero-order valence-electron chi connectivity index (χ0n) is 13.2. The van der Waals surface area contributed by atoms with Crippen molar-refractivity contribution in [1.29, 1.82) is 5.26 Å². The third-order valence-electron chi connectivity index (χ3n) is 3.89. The van der Waals surface area contributed by atoms with Crippen LogP contribution in [0.2, 0.25) is 0 Å². The van der Waals surface area contributed by atoms with Crippen molar-refractivity contribution in [3.63, 3.8) is 0 Å². The van der Waals surface area contributed by atoms with Crippen LogP contribution in [0.3, 0.4) is 0 Å². The summed E-state index contributed by atoms with van der Waals surface area (Å²) in [5, 5.41) is 11.7. The van der Waals surface area contributed by atoms with E-state index in [1.807, 2.05) is 12.1 Å². The number of hydrogen-bond donors (Lipinski definition) is 1. The predicted octanol–water partition coefficient (Wildman–Crippen LogP) is 1.67. The highest BCUT2D eigenvalue weighted by Gasteiger charge is 2.24. The van der Waals surface area contributed by atoms with Crippen molar-refractivity contribution >= 4 is 5.91 Å². The van der Waals surface area contributed by atoms with Crippen molar-refractivity contribution in [3.8, 4) is 6.07 Å². The molecule has 118 valence electrons. The van der Waals surface area contributed by atoms with E-state index in [1.165, 1.54) is 0 Å². The second kappa shape index (κ2) is 7.92. The first-order valence-electron chi connectivity index (χ1n) is 7.70. The van der Waals surface area contributed by atoms with E-state index in [0.29, 0.717) is 31.2 Å². The monoisotopic (exact) mass is 301 g/mol. The quantitative estimate of drug-likeness (QED) is 0.898. The minimum Gasteiger partial charge on any atom is -0.375 e. The Morgan fingerprint density at radius 3 is 2.82 bits per heavy atom. The number of carbonyl (C=O) groups excluding carboxylic acids is 1. The summed E-state index contributed by atoms with van der Waals surface area (Å²) in [4.78, 5) is 14.4. The zero-order valence-corrected chi connectivity index (χ0v) is 13.2. The van der Waals surface area contributed by atoms with Gasteiger partial charge in [0.25, 0.3) is 0 Å². The lowest BCUT2D eigenvalue weighted by atomic mass is 10.1. The van der Waals surface area contributed by atoms with Gasteiger partial charge >= 0.3 is 0 Å². The second-order valence-corrected chi connectivity index (χ2v) is 5.87. The summed E-state index contributed by atoms with van der Waals surface area (Å²) in [5.74, 6) is -0.0000316. The number of carbonyl (C=O) groups is 1. The largest absolute Gasteiger partial charge is 0.375 e. The van der Waals surface area contributed by atoms with Crippen LogP contribution in [0.1, 0.15) is 31.4 Å². The maximum Gasteiger partial charge on any atom is 0.222 e. The normalized spacial score (nSPS) is 18.9. The fourth-order valence-corrected chi connectivity index (χ4v) is 2.51. The van der Waals surface area contributed by atoms with Crippen LogP contribution in [-0.4, -0.2) is 42.6 Å².